The maximum absolute atomic E-state index is 12.4. The zero-order chi connectivity index (χ0) is 16.1. The molecule has 2 aromatic rings. The van der Waals surface area contributed by atoms with Gasteiger partial charge in [0, 0.05) is 18.7 Å². The van der Waals surface area contributed by atoms with Gasteiger partial charge in [0.05, 0.1) is 12.2 Å². The molecule has 5 heteroatoms. The summed E-state index contributed by atoms with van der Waals surface area (Å²) in [4.78, 5) is 14.2. The highest BCUT2D eigenvalue weighted by molar-refractivity contribution is 5.88. The Morgan fingerprint density at radius 3 is 2.50 bits per heavy atom. The lowest BCUT2D eigenvalue weighted by molar-refractivity contribution is 0.200. The maximum atomic E-state index is 12.4. The third kappa shape index (κ3) is 3.47. The van der Waals surface area contributed by atoms with E-state index in [-0.39, 0.29) is 18.1 Å². The van der Waals surface area contributed by atoms with Gasteiger partial charge in [0.1, 0.15) is 5.82 Å². The Balaban J connectivity index is 2.18. The van der Waals surface area contributed by atoms with E-state index in [0.717, 1.165) is 5.56 Å². The monoisotopic (exact) mass is 300 g/mol. The zero-order valence-corrected chi connectivity index (χ0v) is 13.7. The van der Waals surface area contributed by atoms with Crippen molar-refractivity contribution in [2.45, 2.75) is 39.8 Å². The molecular formula is C17H24N4O. The van der Waals surface area contributed by atoms with Crippen molar-refractivity contribution in [1.29, 1.82) is 0 Å². The molecule has 0 aliphatic heterocycles. The van der Waals surface area contributed by atoms with Crippen LogP contribution in [0.2, 0.25) is 0 Å². The predicted molar refractivity (Wildman–Crippen MR) is 89.0 cm³/mol. The normalized spacial score (nSPS) is 12.2. The SMILES string of the molecule is CCN(C(=O)Nc1ccnn1[C@H](C)c1ccccc1)C(C)C. The summed E-state index contributed by atoms with van der Waals surface area (Å²) >= 11 is 0. The quantitative estimate of drug-likeness (QED) is 0.914. The van der Waals surface area contributed by atoms with Gasteiger partial charge in [-0.15, -0.1) is 0 Å². The van der Waals surface area contributed by atoms with Crippen LogP contribution in [0.25, 0.3) is 0 Å². The number of amides is 2. The molecule has 0 aliphatic carbocycles. The summed E-state index contributed by atoms with van der Waals surface area (Å²) in [6.07, 6.45) is 1.71. The lowest BCUT2D eigenvalue weighted by atomic mass is 10.1. The molecule has 1 N–H and O–H groups in total. The number of anilines is 1. The molecule has 22 heavy (non-hydrogen) atoms. The average Bonchev–Trinajstić information content (AvgIpc) is 2.95. The van der Waals surface area contributed by atoms with Crippen molar-refractivity contribution in [3.8, 4) is 0 Å². The molecule has 0 radical (unpaired) electrons. The fourth-order valence-corrected chi connectivity index (χ4v) is 2.52. The largest absolute Gasteiger partial charge is 0.323 e. The zero-order valence-electron chi connectivity index (χ0n) is 13.7. The standard InChI is InChI=1S/C17H24N4O/c1-5-20(13(2)3)17(22)19-16-11-12-18-21(16)14(4)15-9-7-6-8-10-15/h6-14H,5H2,1-4H3,(H,19,22)/t14-/m1/s1. The summed E-state index contributed by atoms with van der Waals surface area (Å²) in [5, 5.41) is 7.32. The van der Waals surface area contributed by atoms with Crippen molar-refractivity contribution < 1.29 is 4.79 Å². The van der Waals surface area contributed by atoms with Crippen LogP contribution >= 0.6 is 0 Å². The molecule has 1 aromatic carbocycles. The van der Waals surface area contributed by atoms with Gasteiger partial charge in [0.25, 0.3) is 0 Å². The Bertz CT molecular complexity index is 606. The number of carbonyl (C=O) groups is 1. The van der Waals surface area contributed by atoms with Crippen molar-refractivity contribution in [1.82, 2.24) is 14.7 Å². The molecule has 1 atom stereocenters. The maximum Gasteiger partial charge on any atom is 0.323 e. The second-order valence-corrected chi connectivity index (χ2v) is 5.56. The van der Waals surface area contributed by atoms with Gasteiger partial charge in [-0.05, 0) is 33.3 Å². The molecular weight excluding hydrogens is 276 g/mol. The van der Waals surface area contributed by atoms with Crippen molar-refractivity contribution in [3.63, 3.8) is 0 Å². The Labute approximate surface area is 131 Å². The first-order valence-electron chi connectivity index (χ1n) is 7.70. The number of hydrogen-bond donors (Lipinski definition) is 1. The van der Waals surface area contributed by atoms with Gasteiger partial charge >= 0.3 is 6.03 Å². The van der Waals surface area contributed by atoms with E-state index in [0.29, 0.717) is 12.4 Å². The van der Waals surface area contributed by atoms with Crippen LogP contribution in [-0.4, -0.2) is 33.3 Å². The van der Waals surface area contributed by atoms with E-state index in [1.807, 2.05) is 49.7 Å². The van der Waals surface area contributed by atoms with Crippen LogP contribution in [0.1, 0.15) is 39.3 Å². The molecule has 0 saturated heterocycles. The minimum absolute atomic E-state index is 0.0561. The van der Waals surface area contributed by atoms with Gasteiger partial charge < -0.3 is 4.90 Å². The second-order valence-electron chi connectivity index (χ2n) is 5.56. The van der Waals surface area contributed by atoms with Gasteiger partial charge in [-0.2, -0.15) is 5.10 Å². The molecule has 5 nitrogen and oxygen atoms in total. The molecule has 118 valence electrons. The lowest BCUT2D eigenvalue weighted by Gasteiger charge is -2.26. The first-order valence-corrected chi connectivity index (χ1v) is 7.70. The topological polar surface area (TPSA) is 50.2 Å². The van der Waals surface area contributed by atoms with E-state index >= 15 is 0 Å². The van der Waals surface area contributed by atoms with Crippen molar-refractivity contribution in [3.05, 3.63) is 48.2 Å². The second kappa shape index (κ2) is 7.11. The molecule has 0 unspecified atom stereocenters. The third-order valence-corrected chi connectivity index (χ3v) is 3.78. The van der Waals surface area contributed by atoms with Crippen LogP contribution in [0.15, 0.2) is 42.6 Å². The highest BCUT2D eigenvalue weighted by Gasteiger charge is 2.18. The van der Waals surface area contributed by atoms with Crippen LogP contribution < -0.4 is 5.32 Å². The molecule has 0 bridgehead atoms. The number of nitrogens with zero attached hydrogens (tertiary/aromatic N) is 3. The van der Waals surface area contributed by atoms with E-state index in [1.54, 1.807) is 11.1 Å². The van der Waals surface area contributed by atoms with Crippen LogP contribution in [0, 0.1) is 0 Å². The summed E-state index contributed by atoms with van der Waals surface area (Å²) in [6.45, 7) is 8.73. The van der Waals surface area contributed by atoms with E-state index in [2.05, 4.69) is 29.5 Å². The first kappa shape index (κ1) is 16.1. The summed E-state index contributed by atoms with van der Waals surface area (Å²) in [7, 11) is 0. The Kier molecular flexibility index (Phi) is 5.20. The van der Waals surface area contributed by atoms with Crippen molar-refractivity contribution in [2.75, 3.05) is 11.9 Å². The van der Waals surface area contributed by atoms with Gasteiger partial charge in [-0.1, -0.05) is 30.3 Å². The Morgan fingerprint density at radius 1 is 1.23 bits per heavy atom. The summed E-state index contributed by atoms with van der Waals surface area (Å²) in [6, 6.07) is 12.1. The number of nitrogens with one attached hydrogen (secondary N) is 1. The van der Waals surface area contributed by atoms with Gasteiger partial charge in [0.15, 0.2) is 0 Å². The van der Waals surface area contributed by atoms with E-state index in [4.69, 9.17) is 0 Å². The van der Waals surface area contributed by atoms with Crippen LogP contribution in [0.5, 0.6) is 0 Å². The summed E-state index contributed by atoms with van der Waals surface area (Å²) in [5.41, 5.74) is 1.15. The summed E-state index contributed by atoms with van der Waals surface area (Å²) < 4.78 is 1.83. The Hall–Kier alpha value is -2.30. The predicted octanol–water partition coefficient (Wildman–Crippen LogP) is 3.75. The molecule has 0 aliphatic rings. The van der Waals surface area contributed by atoms with Crippen molar-refractivity contribution >= 4 is 11.8 Å². The number of benzene rings is 1. The number of aromatic nitrogens is 2. The molecule has 2 amide bonds. The average molecular weight is 300 g/mol. The Morgan fingerprint density at radius 2 is 1.91 bits per heavy atom. The van der Waals surface area contributed by atoms with Crippen LogP contribution in [-0.2, 0) is 0 Å². The first-order chi connectivity index (χ1) is 10.5. The van der Waals surface area contributed by atoms with Crippen molar-refractivity contribution in [2.24, 2.45) is 0 Å². The molecule has 0 spiro atoms. The van der Waals surface area contributed by atoms with Crippen LogP contribution in [0.4, 0.5) is 10.6 Å². The van der Waals surface area contributed by atoms with E-state index < -0.39 is 0 Å². The van der Waals surface area contributed by atoms with Gasteiger partial charge in [0.2, 0.25) is 0 Å². The number of carbonyl (C=O) groups excluding carboxylic acids is 1. The third-order valence-electron chi connectivity index (χ3n) is 3.78. The van der Waals surface area contributed by atoms with Gasteiger partial charge in [-0.25, -0.2) is 9.48 Å². The van der Waals surface area contributed by atoms with E-state index in [1.165, 1.54) is 0 Å². The highest BCUT2D eigenvalue weighted by atomic mass is 16.2. The minimum Gasteiger partial charge on any atom is -0.322 e. The molecule has 2 rings (SSSR count). The minimum atomic E-state index is -0.0977. The highest BCUT2D eigenvalue weighted by Crippen LogP contribution is 2.21. The molecule has 1 aromatic heterocycles. The molecule has 0 saturated carbocycles. The van der Waals surface area contributed by atoms with Gasteiger partial charge in [-0.3, -0.25) is 5.32 Å². The molecule has 0 fully saturated rings. The summed E-state index contributed by atoms with van der Waals surface area (Å²) in [5.74, 6) is 0.709. The fraction of sp³-hybridized carbons (Fsp3) is 0.412. The number of rotatable bonds is 5. The van der Waals surface area contributed by atoms with Crippen LogP contribution in [0.3, 0.4) is 0 Å². The molecule has 1 heterocycles. The number of urea groups is 1. The number of hydrogen-bond acceptors (Lipinski definition) is 2. The fourth-order valence-electron chi connectivity index (χ4n) is 2.52. The lowest BCUT2D eigenvalue weighted by Crippen LogP contribution is -2.40. The van der Waals surface area contributed by atoms with E-state index in [9.17, 15) is 4.79 Å². The smallest absolute Gasteiger partial charge is 0.322 e.